The number of carboxylic acid groups (broad SMARTS) is 1. The molecule has 1 amide bonds. The Labute approximate surface area is 123 Å². The van der Waals surface area contributed by atoms with Gasteiger partial charge in [0, 0.05) is 18.7 Å². The van der Waals surface area contributed by atoms with Gasteiger partial charge in [0.05, 0.1) is 6.10 Å². The Morgan fingerprint density at radius 2 is 2.00 bits per heavy atom. The number of anilines is 1. The number of ether oxygens (including phenoxy) is 1. The molecule has 1 fully saturated rings. The lowest BCUT2D eigenvalue weighted by atomic mass is 10.1. The maximum Gasteiger partial charge on any atom is 0.303 e. The standard InChI is InChI=1S/C15H20N2O4/c16-9-12-6-7-13(21-12)15(20)17-11-4-1-10(2-5-11)3-8-14(18)19/h1-2,4-5,12-13H,3,6-9,16H2,(H,17,20)(H,18,19). The number of carboxylic acids is 1. The quantitative estimate of drug-likeness (QED) is 0.730. The van der Waals surface area contributed by atoms with Gasteiger partial charge in [-0.15, -0.1) is 0 Å². The summed E-state index contributed by atoms with van der Waals surface area (Å²) in [6, 6.07) is 7.17. The number of hydrogen-bond donors (Lipinski definition) is 3. The molecule has 1 saturated heterocycles. The van der Waals surface area contributed by atoms with Gasteiger partial charge in [-0.05, 0) is 37.0 Å². The molecule has 1 aliphatic heterocycles. The van der Waals surface area contributed by atoms with Crippen molar-refractivity contribution >= 4 is 17.6 Å². The molecule has 6 heteroatoms. The fourth-order valence-corrected chi connectivity index (χ4v) is 2.30. The van der Waals surface area contributed by atoms with E-state index in [0.29, 0.717) is 25.1 Å². The molecule has 0 saturated carbocycles. The van der Waals surface area contributed by atoms with Gasteiger partial charge in [0.15, 0.2) is 0 Å². The summed E-state index contributed by atoms with van der Waals surface area (Å²) in [7, 11) is 0. The molecule has 6 nitrogen and oxygen atoms in total. The second kappa shape index (κ2) is 7.19. The SMILES string of the molecule is NCC1CCC(C(=O)Nc2ccc(CCC(=O)O)cc2)O1. The molecule has 0 radical (unpaired) electrons. The molecule has 0 aliphatic carbocycles. The van der Waals surface area contributed by atoms with Crippen LogP contribution >= 0.6 is 0 Å². The van der Waals surface area contributed by atoms with E-state index in [4.69, 9.17) is 15.6 Å². The molecule has 1 aliphatic rings. The zero-order chi connectivity index (χ0) is 15.2. The van der Waals surface area contributed by atoms with E-state index in [0.717, 1.165) is 12.0 Å². The van der Waals surface area contributed by atoms with Crippen LogP contribution in [0.1, 0.15) is 24.8 Å². The highest BCUT2D eigenvalue weighted by atomic mass is 16.5. The number of amides is 1. The highest BCUT2D eigenvalue weighted by Crippen LogP contribution is 2.20. The van der Waals surface area contributed by atoms with Crippen LogP contribution in [-0.4, -0.2) is 35.7 Å². The van der Waals surface area contributed by atoms with Crippen LogP contribution in [0.4, 0.5) is 5.69 Å². The first-order chi connectivity index (χ1) is 10.1. The summed E-state index contributed by atoms with van der Waals surface area (Å²) < 4.78 is 5.53. The largest absolute Gasteiger partial charge is 0.481 e. The molecule has 21 heavy (non-hydrogen) atoms. The average Bonchev–Trinajstić information content (AvgIpc) is 2.95. The lowest BCUT2D eigenvalue weighted by Crippen LogP contribution is -2.29. The Kier molecular flexibility index (Phi) is 5.30. The van der Waals surface area contributed by atoms with E-state index < -0.39 is 12.1 Å². The zero-order valence-corrected chi connectivity index (χ0v) is 11.7. The topological polar surface area (TPSA) is 102 Å². The summed E-state index contributed by atoms with van der Waals surface area (Å²) in [6.07, 6.45) is 1.60. The van der Waals surface area contributed by atoms with Crippen molar-refractivity contribution in [2.45, 2.75) is 37.9 Å². The zero-order valence-electron chi connectivity index (χ0n) is 11.7. The number of nitrogens with one attached hydrogen (secondary N) is 1. The molecule has 1 aromatic rings. The van der Waals surface area contributed by atoms with Crippen molar-refractivity contribution < 1.29 is 19.4 Å². The summed E-state index contributed by atoms with van der Waals surface area (Å²) in [4.78, 5) is 22.5. The molecule has 0 bridgehead atoms. The van der Waals surface area contributed by atoms with Crippen molar-refractivity contribution in [2.24, 2.45) is 5.73 Å². The van der Waals surface area contributed by atoms with Crippen LogP contribution in [-0.2, 0) is 20.7 Å². The van der Waals surface area contributed by atoms with Crippen molar-refractivity contribution in [3.8, 4) is 0 Å². The van der Waals surface area contributed by atoms with Gasteiger partial charge in [-0.1, -0.05) is 12.1 Å². The Bertz CT molecular complexity index is 501. The van der Waals surface area contributed by atoms with E-state index in [1.807, 2.05) is 12.1 Å². The highest BCUT2D eigenvalue weighted by molar-refractivity contribution is 5.94. The number of aryl methyl sites for hydroxylation is 1. The van der Waals surface area contributed by atoms with Crippen molar-refractivity contribution in [3.63, 3.8) is 0 Å². The molecular formula is C15H20N2O4. The lowest BCUT2D eigenvalue weighted by Gasteiger charge is -2.13. The number of aliphatic carboxylic acids is 1. The molecule has 0 spiro atoms. The van der Waals surface area contributed by atoms with Crippen molar-refractivity contribution in [1.82, 2.24) is 0 Å². The monoisotopic (exact) mass is 292 g/mol. The van der Waals surface area contributed by atoms with Crippen LogP contribution in [0.5, 0.6) is 0 Å². The summed E-state index contributed by atoms with van der Waals surface area (Å²) in [5, 5.41) is 11.4. The van der Waals surface area contributed by atoms with Crippen LogP contribution in [0.15, 0.2) is 24.3 Å². The Morgan fingerprint density at radius 3 is 2.57 bits per heavy atom. The van der Waals surface area contributed by atoms with E-state index in [9.17, 15) is 9.59 Å². The molecule has 2 rings (SSSR count). The van der Waals surface area contributed by atoms with Gasteiger partial charge >= 0.3 is 5.97 Å². The third-order valence-electron chi connectivity index (χ3n) is 3.51. The maximum absolute atomic E-state index is 12.0. The van der Waals surface area contributed by atoms with Crippen LogP contribution in [0, 0.1) is 0 Å². The van der Waals surface area contributed by atoms with E-state index in [-0.39, 0.29) is 18.4 Å². The molecular weight excluding hydrogens is 272 g/mol. The Balaban J connectivity index is 1.85. The third kappa shape index (κ3) is 4.54. The second-order valence-electron chi connectivity index (χ2n) is 5.14. The van der Waals surface area contributed by atoms with Crippen molar-refractivity contribution in [1.29, 1.82) is 0 Å². The molecule has 0 aromatic heterocycles. The van der Waals surface area contributed by atoms with Gasteiger partial charge < -0.3 is 20.9 Å². The van der Waals surface area contributed by atoms with E-state index in [1.165, 1.54) is 0 Å². The van der Waals surface area contributed by atoms with Crippen LogP contribution in [0.3, 0.4) is 0 Å². The van der Waals surface area contributed by atoms with Gasteiger partial charge in [-0.2, -0.15) is 0 Å². The fourth-order valence-electron chi connectivity index (χ4n) is 2.30. The average molecular weight is 292 g/mol. The number of carbonyl (C=O) groups is 2. The van der Waals surface area contributed by atoms with Gasteiger partial charge in [0.1, 0.15) is 6.10 Å². The van der Waals surface area contributed by atoms with Gasteiger partial charge in [0.25, 0.3) is 5.91 Å². The van der Waals surface area contributed by atoms with Crippen LogP contribution in [0.25, 0.3) is 0 Å². The number of benzene rings is 1. The minimum absolute atomic E-state index is 0.0286. The van der Waals surface area contributed by atoms with Gasteiger partial charge in [-0.25, -0.2) is 0 Å². The third-order valence-corrected chi connectivity index (χ3v) is 3.51. The van der Waals surface area contributed by atoms with E-state index >= 15 is 0 Å². The van der Waals surface area contributed by atoms with Gasteiger partial charge in [0.2, 0.25) is 0 Å². The number of nitrogens with two attached hydrogens (primary N) is 1. The molecule has 1 aromatic carbocycles. The summed E-state index contributed by atoms with van der Waals surface area (Å²) in [5.74, 6) is -0.982. The van der Waals surface area contributed by atoms with E-state index in [2.05, 4.69) is 5.32 Å². The van der Waals surface area contributed by atoms with Crippen molar-refractivity contribution in [2.75, 3.05) is 11.9 Å². The van der Waals surface area contributed by atoms with Crippen molar-refractivity contribution in [3.05, 3.63) is 29.8 Å². The number of carbonyl (C=O) groups excluding carboxylic acids is 1. The Hall–Kier alpha value is -1.92. The molecule has 2 unspecified atom stereocenters. The first kappa shape index (κ1) is 15.5. The Morgan fingerprint density at radius 1 is 1.29 bits per heavy atom. The fraction of sp³-hybridized carbons (Fsp3) is 0.467. The number of hydrogen-bond acceptors (Lipinski definition) is 4. The number of rotatable bonds is 6. The van der Waals surface area contributed by atoms with E-state index in [1.54, 1.807) is 12.1 Å². The predicted octanol–water partition coefficient (Wildman–Crippen LogP) is 1.15. The first-order valence-corrected chi connectivity index (χ1v) is 7.05. The van der Waals surface area contributed by atoms with Crippen LogP contribution in [0.2, 0.25) is 0 Å². The minimum atomic E-state index is -0.819. The normalized spacial score (nSPS) is 21.2. The first-order valence-electron chi connectivity index (χ1n) is 7.05. The predicted molar refractivity (Wildman–Crippen MR) is 78.0 cm³/mol. The second-order valence-corrected chi connectivity index (χ2v) is 5.14. The van der Waals surface area contributed by atoms with Gasteiger partial charge in [-0.3, -0.25) is 9.59 Å². The summed E-state index contributed by atoms with van der Waals surface area (Å²) in [6.45, 7) is 0.433. The smallest absolute Gasteiger partial charge is 0.303 e. The lowest BCUT2D eigenvalue weighted by molar-refractivity contribution is -0.137. The summed E-state index contributed by atoms with van der Waals surface area (Å²) in [5.41, 5.74) is 7.12. The van der Waals surface area contributed by atoms with Crippen LogP contribution < -0.4 is 11.1 Å². The molecule has 1 heterocycles. The maximum atomic E-state index is 12.0. The highest BCUT2D eigenvalue weighted by Gasteiger charge is 2.29. The summed E-state index contributed by atoms with van der Waals surface area (Å²) >= 11 is 0. The minimum Gasteiger partial charge on any atom is -0.481 e. The molecule has 2 atom stereocenters. The molecule has 4 N–H and O–H groups in total. The molecule has 114 valence electrons.